The Bertz CT molecular complexity index is 511. The minimum atomic E-state index is -0.368. The maximum Gasteiger partial charge on any atom is 0.236 e. The number of ether oxygens (including phenoxy) is 1. The number of carbonyl (C=O) groups is 1. The summed E-state index contributed by atoms with van der Waals surface area (Å²) in [6.07, 6.45) is 2.18. The van der Waals surface area contributed by atoms with Crippen LogP contribution in [0.2, 0.25) is 0 Å². The summed E-state index contributed by atoms with van der Waals surface area (Å²) in [4.78, 5) is 13.9. The number of morpholine rings is 1. The van der Waals surface area contributed by atoms with Gasteiger partial charge < -0.3 is 15.0 Å². The molecule has 1 saturated carbocycles. The molecule has 1 heterocycles. The second kappa shape index (κ2) is 7.90. The summed E-state index contributed by atoms with van der Waals surface area (Å²) in [5.74, 6) is 0.553. The molecule has 3 rings (SSSR count). The highest BCUT2D eigenvalue weighted by molar-refractivity contribution is 5.85. The Kier molecular flexibility index (Phi) is 6.17. The first-order chi connectivity index (χ1) is 10.2. The van der Waals surface area contributed by atoms with Crippen LogP contribution in [-0.2, 0) is 9.53 Å². The van der Waals surface area contributed by atoms with E-state index in [0.29, 0.717) is 31.8 Å². The van der Waals surface area contributed by atoms with Gasteiger partial charge in [-0.15, -0.1) is 12.4 Å². The van der Waals surface area contributed by atoms with E-state index >= 15 is 0 Å². The predicted molar refractivity (Wildman–Crippen MR) is 84.5 cm³/mol. The fraction of sp³-hybridized carbons (Fsp3) is 0.562. The summed E-state index contributed by atoms with van der Waals surface area (Å²) >= 11 is 0. The van der Waals surface area contributed by atoms with Crippen molar-refractivity contribution in [3.63, 3.8) is 0 Å². The Morgan fingerprint density at radius 1 is 1.36 bits per heavy atom. The zero-order valence-corrected chi connectivity index (χ0v) is 13.3. The quantitative estimate of drug-likeness (QED) is 0.900. The Morgan fingerprint density at radius 3 is 2.86 bits per heavy atom. The molecule has 1 aromatic rings. The first kappa shape index (κ1) is 17.2. The molecule has 0 radical (unpaired) electrons. The van der Waals surface area contributed by atoms with Crippen LogP contribution in [-0.4, -0.2) is 43.6 Å². The van der Waals surface area contributed by atoms with Gasteiger partial charge in [-0.3, -0.25) is 4.79 Å². The third-order valence-corrected chi connectivity index (χ3v) is 4.08. The van der Waals surface area contributed by atoms with E-state index in [1.165, 1.54) is 18.9 Å². The van der Waals surface area contributed by atoms with Crippen LogP contribution < -0.4 is 5.32 Å². The molecule has 6 heteroatoms. The van der Waals surface area contributed by atoms with E-state index in [1.54, 1.807) is 23.1 Å². The van der Waals surface area contributed by atoms with Gasteiger partial charge in [0.15, 0.2) is 0 Å². The lowest BCUT2D eigenvalue weighted by Crippen LogP contribution is -2.46. The average molecular weight is 329 g/mol. The van der Waals surface area contributed by atoms with Gasteiger partial charge in [-0.1, -0.05) is 18.2 Å². The SMILES string of the molecule is Cl.O=C(CNCC1CC1)N1CCOC(c2ccccc2F)C1. The number of hydrogen-bond donors (Lipinski definition) is 1. The smallest absolute Gasteiger partial charge is 0.236 e. The summed E-state index contributed by atoms with van der Waals surface area (Å²) in [5, 5.41) is 3.20. The number of halogens is 2. The lowest BCUT2D eigenvalue weighted by atomic mass is 10.1. The van der Waals surface area contributed by atoms with E-state index in [-0.39, 0.29) is 30.2 Å². The van der Waals surface area contributed by atoms with E-state index in [2.05, 4.69) is 5.32 Å². The lowest BCUT2D eigenvalue weighted by Gasteiger charge is -2.33. The number of rotatable bonds is 5. The van der Waals surface area contributed by atoms with Crippen LogP contribution in [0, 0.1) is 11.7 Å². The molecule has 0 spiro atoms. The van der Waals surface area contributed by atoms with Gasteiger partial charge in [-0.2, -0.15) is 0 Å². The van der Waals surface area contributed by atoms with E-state index in [1.807, 2.05) is 0 Å². The van der Waals surface area contributed by atoms with Crippen LogP contribution in [0.4, 0.5) is 4.39 Å². The zero-order valence-electron chi connectivity index (χ0n) is 12.5. The molecule has 1 aliphatic heterocycles. The van der Waals surface area contributed by atoms with Gasteiger partial charge in [0.1, 0.15) is 11.9 Å². The van der Waals surface area contributed by atoms with Crippen molar-refractivity contribution in [2.45, 2.75) is 18.9 Å². The number of nitrogens with one attached hydrogen (secondary N) is 1. The summed E-state index contributed by atoms with van der Waals surface area (Å²) in [6, 6.07) is 6.60. The highest BCUT2D eigenvalue weighted by atomic mass is 35.5. The average Bonchev–Trinajstić information content (AvgIpc) is 3.32. The van der Waals surface area contributed by atoms with Crippen LogP contribution in [0.25, 0.3) is 0 Å². The van der Waals surface area contributed by atoms with Gasteiger partial charge in [-0.05, 0) is 31.4 Å². The van der Waals surface area contributed by atoms with Crippen molar-refractivity contribution in [1.29, 1.82) is 0 Å². The molecule has 0 bridgehead atoms. The minimum absolute atomic E-state index is 0. The first-order valence-electron chi connectivity index (χ1n) is 7.58. The third-order valence-electron chi connectivity index (χ3n) is 4.08. The van der Waals surface area contributed by atoms with Gasteiger partial charge in [0.25, 0.3) is 0 Å². The molecule has 1 saturated heterocycles. The van der Waals surface area contributed by atoms with Crippen LogP contribution in [0.15, 0.2) is 24.3 Å². The lowest BCUT2D eigenvalue weighted by molar-refractivity contribution is -0.138. The van der Waals surface area contributed by atoms with Crippen LogP contribution in [0.1, 0.15) is 24.5 Å². The molecule has 1 N–H and O–H groups in total. The van der Waals surface area contributed by atoms with Gasteiger partial charge >= 0.3 is 0 Å². The van der Waals surface area contributed by atoms with Crippen LogP contribution in [0.5, 0.6) is 0 Å². The Balaban J connectivity index is 0.00000176. The van der Waals surface area contributed by atoms with Crippen LogP contribution in [0.3, 0.4) is 0 Å². The second-order valence-corrected chi connectivity index (χ2v) is 5.79. The molecule has 22 heavy (non-hydrogen) atoms. The molecule has 1 amide bonds. The van der Waals surface area contributed by atoms with Crippen molar-refractivity contribution in [3.8, 4) is 0 Å². The maximum atomic E-state index is 13.8. The van der Waals surface area contributed by atoms with E-state index < -0.39 is 0 Å². The van der Waals surface area contributed by atoms with Gasteiger partial charge in [-0.25, -0.2) is 4.39 Å². The molecule has 2 fully saturated rings. The Labute approximate surface area is 136 Å². The topological polar surface area (TPSA) is 41.6 Å². The fourth-order valence-corrected chi connectivity index (χ4v) is 2.62. The normalized spacial score (nSPS) is 21.3. The summed E-state index contributed by atoms with van der Waals surface area (Å²) in [6.45, 7) is 2.74. The van der Waals surface area contributed by atoms with Crippen molar-refractivity contribution < 1.29 is 13.9 Å². The molecule has 122 valence electrons. The summed E-state index contributed by atoms with van der Waals surface area (Å²) in [7, 11) is 0. The van der Waals surface area contributed by atoms with Crippen molar-refractivity contribution in [2.75, 3.05) is 32.8 Å². The number of carbonyl (C=O) groups excluding carboxylic acids is 1. The van der Waals surface area contributed by atoms with Crippen molar-refractivity contribution in [1.82, 2.24) is 10.2 Å². The second-order valence-electron chi connectivity index (χ2n) is 5.79. The summed E-state index contributed by atoms with van der Waals surface area (Å²) < 4.78 is 19.4. The molecular formula is C16H22ClFN2O2. The van der Waals surface area contributed by atoms with E-state index in [9.17, 15) is 9.18 Å². The third kappa shape index (κ3) is 4.41. The molecule has 1 atom stereocenters. The molecule has 2 aliphatic rings. The molecule has 1 aliphatic carbocycles. The number of benzene rings is 1. The van der Waals surface area contributed by atoms with Crippen molar-refractivity contribution in [3.05, 3.63) is 35.6 Å². The van der Waals surface area contributed by atoms with Gasteiger partial charge in [0, 0.05) is 12.1 Å². The monoisotopic (exact) mass is 328 g/mol. The highest BCUT2D eigenvalue weighted by Gasteiger charge is 2.27. The number of nitrogens with zero attached hydrogens (tertiary/aromatic N) is 1. The molecule has 1 aromatic carbocycles. The molecule has 1 unspecified atom stereocenters. The van der Waals surface area contributed by atoms with Gasteiger partial charge in [0.2, 0.25) is 5.91 Å². The van der Waals surface area contributed by atoms with Crippen LogP contribution >= 0.6 is 12.4 Å². The molecular weight excluding hydrogens is 307 g/mol. The van der Waals surface area contributed by atoms with Gasteiger partial charge in [0.05, 0.1) is 19.7 Å². The zero-order chi connectivity index (χ0) is 14.7. The van der Waals surface area contributed by atoms with Crippen molar-refractivity contribution >= 4 is 18.3 Å². The Morgan fingerprint density at radius 2 is 2.14 bits per heavy atom. The molecule has 4 nitrogen and oxygen atoms in total. The Hall–Kier alpha value is -1.17. The molecule has 0 aromatic heterocycles. The number of hydrogen-bond acceptors (Lipinski definition) is 3. The first-order valence-corrected chi connectivity index (χ1v) is 7.58. The van der Waals surface area contributed by atoms with E-state index in [4.69, 9.17) is 4.74 Å². The predicted octanol–water partition coefficient (Wildman–Crippen LogP) is 2.15. The number of amides is 1. The van der Waals surface area contributed by atoms with Crippen molar-refractivity contribution in [2.24, 2.45) is 5.92 Å². The largest absolute Gasteiger partial charge is 0.370 e. The highest BCUT2D eigenvalue weighted by Crippen LogP contribution is 2.27. The maximum absolute atomic E-state index is 13.8. The van der Waals surface area contributed by atoms with E-state index in [0.717, 1.165) is 12.5 Å². The minimum Gasteiger partial charge on any atom is -0.370 e. The standard InChI is InChI=1S/C16H21FN2O2.ClH/c17-14-4-2-1-3-13(14)15-11-19(7-8-21-15)16(20)10-18-9-12-5-6-12;/h1-4,12,15,18H,5-11H2;1H. The fourth-order valence-electron chi connectivity index (χ4n) is 2.62. The summed E-state index contributed by atoms with van der Waals surface area (Å²) in [5.41, 5.74) is 0.529.